The van der Waals surface area contributed by atoms with Gasteiger partial charge in [0.25, 0.3) is 5.91 Å². The number of benzene rings is 2. The molecular weight excluding hydrogens is 301 g/mol. The molecule has 104 valence electrons. The SMILES string of the molecule is COc1cccc(O)c1C(=O)Nc1cc(Cl)cc(Cl)c1. The number of phenols is 1. The normalized spacial score (nSPS) is 10.2. The third-order valence-corrected chi connectivity index (χ3v) is 3.01. The first kappa shape index (κ1) is 14.5. The van der Waals surface area contributed by atoms with Crippen LogP contribution >= 0.6 is 23.2 Å². The number of rotatable bonds is 3. The number of phenolic OH excluding ortho intramolecular Hbond substituents is 1. The quantitative estimate of drug-likeness (QED) is 0.902. The molecule has 0 spiro atoms. The first-order valence-corrected chi connectivity index (χ1v) is 6.40. The van der Waals surface area contributed by atoms with E-state index in [1.807, 2.05) is 0 Å². The predicted octanol–water partition coefficient (Wildman–Crippen LogP) is 3.96. The summed E-state index contributed by atoms with van der Waals surface area (Å²) in [6.45, 7) is 0. The molecule has 1 amide bonds. The molecule has 0 aromatic heterocycles. The summed E-state index contributed by atoms with van der Waals surface area (Å²) in [5.41, 5.74) is 0.476. The zero-order valence-corrected chi connectivity index (χ0v) is 12.0. The Morgan fingerprint density at radius 2 is 1.85 bits per heavy atom. The summed E-state index contributed by atoms with van der Waals surface area (Å²) in [6, 6.07) is 9.23. The van der Waals surface area contributed by atoms with Crippen molar-refractivity contribution in [3.63, 3.8) is 0 Å². The highest BCUT2D eigenvalue weighted by Gasteiger charge is 2.17. The molecule has 0 aliphatic carbocycles. The number of hydrogen-bond donors (Lipinski definition) is 2. The molecule has 2 aromatic rings. The van der Waals surface area contributed by atoms with Crippen molar-refractivity contribution in [3.05, 3.63) is 52.0 Å². The van der Waals surface area contributed by atoms with E-state index in [1.165, 1.54) is 13.2 Å². The lowest BCUT2D eigenvalue weighted by Gasteiger charge is -2.11. The molecule has 0 heterocycles. The molecule has 0 saturated heterocycles. The van der Waals surface area contributed by atoms with Crippen molar-refractivity contribution >= 4 is 34.8 Å². The summed E-state index contributed by atoms with van der Waals surface area (Å²) in [4.78, 5) is 12.2. The molecule has 6 heteroatoms. The lowest BCUT2D eigenvalue weighted by atomic mass is 10.1. The number of anilines is 1. The Labute approximate surface area is 125 Å². The van der Waals surface area contributed by atoms with Gasteiger partial charge in [-0.1, -0.05) is 29.3 Å². The first-order chi connectivity index (χ1) is 9.51. The molecule has 4 nitrogen and oxygen atoms in total. The van der Waals surface area contributed by atoms with Crippen LogP contribution in [0.2, 0.25) is 10.0 Å². The molecule has 20 heavy (non-hydrogen) atoms. The second kappa shape index (κ2) is 6.03. The van der Waals surface area contributed by atoms with Crippen LogP contribution < -0.4 is 10.1 Å². The molecule has 0 fully saturated rings. The number of carbonyl (C=O) groups excluding carboxylic acids is 1. The summed E-state index contributed by atoms with van der Waals surface area (Å²) >= 11 is 11.7. The number of halogens is 2. The highest BCUT2D eigenvalue weighted by molar-refractivity contribution is 6.35. The van der Waals surface area contributed by atoms with Gasteiger partial charge >= 0.3 is 0 Å². The monoisotopic (exact) mass is 311 g/mol. The van der Waals surface area contributed by atoms with Crippen molar-refractivity contribution in [2.24, 2.45) is 0 Å². The van der Waals surface area contributed by atoms with E-state index in [1.54, 1.807) is 30.3 Å². The third kappa shape index (κ3) is 3.15. The van der Waals surface area contributed by atoms with Gasteiger partial charge in [0.2, 0.25) is 0 Å². The van der Waals surface area contributed by atoms with Gasteiger partial charge in [0.1, 0.15) is 17.1 Å². The van der Waals surface area contributed by atoms with Crippen LogP contribution in [-0.4, -0.2) is 18.1 Å². The van der Waals surface area contributed by atoms with E-state index in [0.717, 1.165) is 0 Å². The molecule has 2 aromatic carbocycles. The molecule has 2 rings (SSSR count). The van der Waals surface area contributed by atoms with E-state index < -0.39 is 5.91 Å². The van der Waals surface area contributed by atoms with Crippen molar-refractivity contribution in [2.75, 3.05) is 12.4 Å². The maximum absolute atomic E-state index is 12.2. The van der Waals surface area contributed by atoms with Gasteiger partial charge in [0.05, 0.1) is 7.11 Å². The number of amides is 1. The van der Waals surface area contributed by atoms with Gasteiger partial charge in [0.15, 0.2) is 0 Å². The standard InChI is InChI=1S/C14H11Cl2NO3/c1-20-12-4-2-3-11(18)13(12)14(19)17-10-6-8(15)5-9(16)7-10/h2-7,18H,1H3,(H,17,19). The maximum atomic E-state index is 12.2. The predicted molar refractivity (Wildman–Crippen MR) is 79.1 cm³/mol. The van der Waals surface area contributed by atoms with E-state index in [9.17, 15) is 9.90 Å². The molecule has 0 aliphatic rings. The van der Waals surface area contributed by atoms with Crippen molar-refractivity contribution in [1.82, 2.24) is 0 Å². The van der Waals surface area contributed by atoms with E-state index in [0.29, 0.717) is 15.7 Å². The first-order valence-electron chi connectivity index (χ1n) is 5.64. The van der Waals surface area contributed by atoms with Crippen LogP contribution in [-0.2, 0) is 0 Å². The fraction of sp³-hybridized carbons (Fsp3) is 0.0714. The van der Waals surface area contributed by atoms with Crippen LogP contribution in [0, 0.1) is 0 Å². The number of hydrogen-bond acceptors (Lipinski definition) is 3. The Bertz CT molecular complexity index is 639. The minimum atomic E-state index is -0.515. The fourth-order valence-electron chi connectivity index (χ4n) is 1.74. The van der Waals surface area contributed by atoms with Crippen molar-refractivity contribution in [2.45, 2.75) is 0 Å². The Balaban J connectivity index is 2.33. The van der Waals surface area contributed by atoms with Gasteiger partial charge in [0, 0.05) is 15.7 Å². The smallest absolute Gasteiger partial charge is 0.263 e. The summed E-state index contributed by atoms with van der Waals surface area (Å²) in [7, 11) is 1.42. The molecule has 0 unspecified atom stereocenters. The molecule has 0 aliphatic heterocycles. The number of aromatic hydroxyl groups is 1. The second-order valence-electron chi connectivity index (χ2n) is 3.97. The van der Waals surface area contributed by atoms with Gasteiger partial charge in [-0.3, -0.25) is 4.79 Å². The zero-order chi connectivity index (χ0) is 14.7. The van der Waals surface area contributed by atoms with Crippen LogP contribution in [0.4, 0.5) is 5.69 Å². The van der Waals surface area contributed by atoms with E-state index in [-0.39, 0.29) is 17.1 Å². The lowest BCUT2D eigenvalue weighted by molar-refractivity contribution is 0.102. The molecular formula is C14H11Cl2NO3. The summed E-state index contributed by atoms with van der Waals surface area (Å²) < 4.78 is 5.06. The summed E-state index contributed by atoms with van der Waals surface area (Å²) in [5.74, 6) is -0.413. The topological polar surface area (TPSA) is 58.6 Å². The molecule has 0 atom stereocenters. The van der Waals surface area contributed by atoms with Crippen LogP contribution in [0.3, 0.4) is 0 Å². The lowest BCUT2D eigenvalue weighted by Crippen LogP contribution is -2.13. The van der Waals surface area contributed by atoms with Gasteiger partial charge in [-0.15, -0.1) is 0 Å². The highest BCUT2D eigenvalue weighted by Crippen LogP contribution is 2.29. The molecule has 2 N–H and O–H groups in total. The van der Waals surface area contributed by atoms with Crippen molar-refractivity contribution < 1.29 is 14.6 Å². The molecule has 0 radical (unpaired) electrons. The van der Waals surface area contributed by atoms with E-state index >= 15 is 0 Å². The molecule has 0 bridgehead atoms. The van der Waals surface area contributed by atoms with Crippen LogP contribution in [0.25, 0.3) is 0 Å². The van der Waals surface area contributed by atoms with Gasteiger partial charge in [-0.05, 0) is 30.3 Å². The number of carbonyl (C=O) groups is 1. The number of ether oxygens (including phenoxy) is 1. The van der Waals surface area contributed by atoms with Crippen LogP contribution in [0.5, 0.6) is 11.5 Å². The fourth-order valence-corrected chi connectivity index (χ4v) is 2.26. The number of methoxy groups -OCH3 is 1. The van der Waals surface area contributed by atoms with Gasteiger partial charge < -0.3 is 15.2 Å². The number of nitrogens with one attached hydrogen (secondary N) is 1. The van der Waals surface area contributed by atoms with Crippen molar-refractivity contribution in [3.8, 4) is 11.5 Å². The maximum Gasteiger partial charge on any atom is 0.263 e. The average Bonchev–Trinajstić information content (AvgIpc) is 2.36. The van der Waals surface area contributed by atoms with E-state index in [2.05, 4.69) is 5.32 Å². The Kier molecular flexibility index (Phi) is 4.37. The molecule has 0 saturated carbocycles. The zero-order valence-electron chi connectivity index (χ0n) is 10.5. The van der Waals surface area contributed by atoms with Gasteiger partial charge in [-0.2, -0.15) is 0 Å². The Morgan fingerprint density at radius 1 is 1.20 bits per heavy atom. The third-order valence-electron chi connectivity index (χ3n) is 2.57. The minimum absolute atomic E-state index is 0.0473. The average molecular weight is 312 g/mol. The van der Waals surface area contributed by atoms with E-state index in [4.69, 9.17) is 27.9 Å². The summed E-state index contributed by atoms with van der Waals surface area (Å²) in [5, 5.41) is 13.2. The second-order valence-corrected chi connectivity index (χ2v) is 4.84. The highest BCUT2D eigenvalue weighted by atomic mass is 35.5. The Morgan fingerprint density at radius 3 is 2.45 bits per heavy atom. The summed E-state index contributed by atoms with van der Waals surface area (Å²) in [6.07, 6.45) is 0. The Hall–Kier alpha value is -1.91. The van der Waals surface area contributed by atoms with Crippen LogP contribution in [0.15, 0.2) is 36.4 Å². The largest absolute Gasteiger partial charge is 0.507 e. The van der Waals surface area contributed by atoms with Crippen molar-refractivity contribution in [1.29, 1.82) is 0 Å². The minimum Gasteiger partial charge on any atom is -0.507 e. The van der Waals surface area contributed by atoms with Gasteiger partial charge in [-0.25, -0.2) is 0 Å². The van der Waals surface area contributed by atoms with Crippen LogP contribution in [0.1, 0.15) is 10.4 Å².